The Morgan fingerprint density at radius 3 is 3.00 bits per heavy atom. The average molecular weight is 309 g/mol. The Morgan fingerprint density at radius 1 is 1.52 bits per heavy atom. The van der Waals surface area contributed by atoms with Gasteiger partial charge in [0.05, 0.1) is 22.3 Å². The highest BCUT2D eigenvalue weighted by Crippen LogP contribution is 2.34. The topological polar surface area (TPSA) is 46.3 Å². The van der Waals surface area contributed by atoms with Crippen LogP contribution in [0.2, 0.25) is 5.02 Å². The number of hydrogen-bond donors (Lipinski definition) is 0. The summed E-state index contributed by atoms with van der Waals surface area (Å²) in [5, 5.41) is 3.97. The zero-order chi connectivity index (χ0) is 15.0. The summed E-state index contributed by atoms with van der Waals surface area (Å²) in [5.41, 5.74) is 0.676. The molecular weight excluding hydrogens is 295 g/mol. The number of carbonyl (C=O) groups is 1. The summed E-state index contributed by atoms with van der Waals surface area (Å²) >= 11 is 5.98. The summed E-state index contributed by atoms with van der Waals surface area (Å²) in [6.07, 6.45) is 1.61. The summed E-state index contributed by atoms with van der Waals surface area (Å²) < 4.78 is 19.2. The van der Waals surface area contributed by atoms with Crippen LogP contribution >= 0.6 is 11.6 Å². The van der Waals surface area contributed by atoms with Gasteiger partial charge >= 0.3 is 0 Å². The molecule has 0 aliphatic carbocycles. The first-order valence-electron chi connectivity index (χ1n) is 6.76. The van der Waals surface area contributed by atoms with Gasteiger partial charge in [0.2, 0.25) is 0 Å². The van der Waals surface area contributed by atoms with Crippen LogP contribution < -0.4 is 0 Å². The number of carbonyl (C=O) groups excluding carboxylic acids is 1. The number of amides is 1. The first-order valence-corrected chi connectivity index (χ1v) is 7.14. The zero-order valence-electron chi connectivity index (χ0n) is 11.5. The van der Waals surface area contributed by atoms with Gasteiger partial charge in [-0.15, -0.1) is 0 Å². The Bertz CT molecular complexity index is 666. The molecule has 4 nitrogen and oxygen atoms in total. The summed E-state index contributed by atoms with van der Waals surface area (Å²) in [7, 11) is 0. The van der Waals surface area contributed by atoms with Gasteiger partial charge in [-0.2, -0.15) is 0 Å². The van der Waals surface area contributed by atoms with Gasteiger partial charge in [-0.3, -0.25) is 4.79 Å². The molecule has 1 aromatic carbocycles. The molecule has 1 aromatic heterocycles. The molecule has 21 heavy (non-hydrogen) atoms. The molecule has 1 aliphatic heterocycles. The largest absolute Gasteiger partial charge is 0.359 e. The maximum atomic E-state index is 13.9. The van der Waals surface area contributed by atoms with E-state index in [0.29, 0.717) is 12.3 Å². The van der Waals surface area contributed by atoms with Crippen LogP contribution in [0.1, 0.15) is 40.7 Å². The Kier molecular flexibility index (Phi) is 3.68. The fourth-order valence-electron chi connectivity index (χ4n) is 2.69. The number of halogens is 2. The second kappa shape index (κ2) is 5.48. The van der Waals surface area contributed by atoms with Crippen molar-refractivity contribution >= 4 is 17.5 Å². The van der Waals surface area contributed by atoms with E-state index in [1.807, 2.05) is 6.92 Å². The van der Waals surface area contributed by atoms with Crippen molar-refractivity contribution in [3.63, 3.8) is 0 Å². The van der Waals surface area contributed by atoms with E-state index in [2.05, 4.69) is 5.16 Å². The standard InChI is InChI=1S/C15H14ClFN2O2/c1-9-8-13(21-18-9)12-6-3-7-19(12)15(20)14-10(16)4-2-5-11(14)17/h2,4-5,8,12H,3,6-7H2,1H3/t12-/m1/s1. The summed E-state index contributed by atoms with van der Waals surface area (Å²) in [6, 6.07) is 5.83. The smallest absolute Gasteiger partial charge is 0.258 e. The number of aryl methyl sites for hydroxylation is 1. The number of likely N-dealkylation sites (tertiary alicyclic amines) is 1. The highest BCUT2D eigenvalue weighted by atomic mass is 35.5. The van der Waals surface area contributed by atoms with Crippen molar-refractivity contribution in [2.75, 3.05) is 6.54 Å². The number of rotatable bonds is 2. The quantitative estimate of drug-likeness (QED) is 0.848. The van der Waals surface area contributed by atoms with Crippen LogP contribution in [0.3, 0.4) is 0 Å². The first-order chi connectivity index (χ1) is 10.1. The molecule has 0 spiro atoms. The second-order valence-electron chi connectivity index (χ2n) is 5.12. The van der Waals surface area contributed by atoms with Crippen molar-refractivity contribution in [2.24, 2.45) is 0 Å². The third-order valence-corrected chi connectivity index (χ3v) is 3.98. The van der Waals surface area contributed by atoms with Crippen LogP contribution in [0.5, 0.6) is 0 Å². The van der Waals surface area contributed by atoms with Gasteiger partial charge in [-0.25, -0.2) is 4.39 Å². The van der Waals surface area contributed by atoms with Crippen molar-refractivity contribution in [1.82, 2.24) is 10.1 Å². The number of hydrogen-bond acceptors (Lipinski definition) is 3. The van der Waals surface area contributed by atoms with Gasteiger partial charge in [-0.05, 0) is 31.9 Å². The monoisotopic (exact) mass is 308 g/mol. The zero-order valence-corrected chi connectivity index (χ0v) is 12.2. The Labute approximate surface area is 126 Å². The van der Waals surface area contributed by atoms with Crippen molar-refractivity contribution in [1.29, 1.82) is 0 Å². The van der Waals surface area contributed by atoms with Crippen LogP contribution in [-0.2, 0) is 0 Å². The van der Waals surface area contributed by atoms with Crippen LogP contribution in [0, 0.1) is 12.7 Å². The normalized spacial score (nSPS) is 18.2. The molecule has 110 valence electrons. The first kappa shape index (κ1) is 14.1. The second-order valence-corrected chi connectivity index (χ2v) is 5.53. The minimum atomic E-state index is -0.605. The van der Waals surface area contributed by atoms with Gasteiger partial charge in [0, 0.05) is 12.6 Å². The van der Waals surface area contributed by atoms with E-state index in [0.717, 1.165) is 18.5 Å². The van der Waals surface area contributed by atoms with Gasteiger partial charge in [0.1, 0.15) is 5.82 Å². The molecule has 3 rings (SSSR count). The minimum Gasteiger partial charge on any atom is -0.359 e. The summed E-state index contributed by atoms with van der Waals surface area (Å²) in [6.45, 7) is 2.37. The molecule has 1 amide bonds. The molecule has 1 saturated heterocycles. The van der Waals surface area contributed by atoms with Gasteiger partial charge in [0.25, 0.3) is 5.91 Å². The third kappa shape index (κ3) is 2.53. The van der Waals surface area contributed by atoms with Crippen LogP contribution in [0.25, 0.3) is 0 Å². The van der Waals surface area contributed by atoms with E-state index in [9.17, 15) is 9.18 Å². The average Bonchev–Trinajstić information content (AvgIpc) is 3.06. The Hall–Kier alpha value is -1.88. The summed E-state index contributed by atoms with van der Waals surface area (Å²) in [4.78, 5) is 14.2. The number of benzene rings is 1. The SMILES string of the molecule is Cc1cc([C@H]2CCCN2C(=O)c2c(F)cccc2Cl)on1. The lowest BCUT2D eigenvalue weighted by Crippen LogP contribution is -2.31. The number of aromatic nitrogens is 1. The van der Waals surface area contributed by atoms with E-state index in [4.69, 9.17) is 16.1 Å². The van der Waals surface area contributed by atoms with Crippen LogP contribution in [0.4, 0.5) is 4.39 Å². The molecule has 2 aromatic rings. The summed E-state index contributed by atoms with van der Waals surface area (Å²) in [5.74, 6) is -0.382. The highest BCUT2D eigenvalue weighted by Gasteiger charge is 2.34. The van der Waals surface area contributed by atoms with E-state index >= 15 is 0 Å². The molecule has 0 N–H and O–H groups in total. The highest BCUT2D eigenvalue weighted by molar-refractivity contribution is 6.33. The van der Waals surface area contributed by atoms with Crippen LogP contribution in [-0.4, -0.2) is 22.5 Å². The predicted octanol–water partition coefficient (Wildman–Crippen LogP) is 3.75. The van der Waals surface area contributed by atoms with Crippen LogP contribution in [0.15, 0.2) is 28.8 Å². The molecule has 6 heteroatoms. The molecule has 1 atom stereocenters. The molecule has 0 unspecified atom stereocenters. The van der Waals surface area contributed by atoms with Crippen molar-refractivity contribution in [2.45, 2.75) is 25.8 Å². The van der Waals surface area contributed by atoms with Crippen molar-refractivity contribution in [3.8, 4) is 0 Å². The molecule has 2 heterocycles. The minimum absolute atomic E-state index is 0.0812. The lowest BCUT2D eigenvalue weighted by atomic mass is 10.1. The fourth-order valence-corrected chi connectivity index (χ4v) is 2.94. The molecule has 0 radical (unpaired) electrons. The number of nitrogens with zero attached hydrogens (tertiary/aromatic N) is 2. The van der Waals surface area contributed by atoms with Crippen molar-refractivity contribution < 1.29 is 13.7 Å². The Morgan fingerprint density at radius 2 is 2.33 bits per heavy atom. The molecule has 0 bridgehead atoms. The molecular formula is C15H14ClFN2O2. The van der Waals surface area contributed by atoms with E-state index in [1.54, 1.807) is 11.0 Å². The lowest BCUT2D eigenvalue weighted by Gasteiger charge is -2.23. The molecule has 1 aliphatic rings. The lowest BCUT2D eigenvalue weighted by molar-refractivity contribution is 0.0710. The van der Waals surface area contributed by atoms with E-state index in [1.165, 1.54) is 18.2 Å². The van der Waals surface area contributed by atoms with E-state index < -0.39 is 11.7 Å². The fraction of sp³-hybridized carbons (Fsp3) is 0.333. The maximum absolute atomic E-state index is 13.9. The predicted molar refractivity (Wildman–Crippen MR) is 75.7 cm³/mol. The van der Waals surface area contributed by atoms with Gasteiger partial charge < -0.3 is 9.42 Å². The van der Waals surface area contributed by atoms with Crippen molar-refractivity contribution in [3.05, 3.63) is 52.1 Å². The third-order valence-electron chi connectivity index (χ3n) is 3.66. The molecule has 0 saturated carbocycles. The molecule has 1 fully saturated rings. The van der Waals surface area contributed by atoms with E-state index in [-0.39, 0.29) is 16.6 Å². The van der Waals surface area contributed by atoms with Gasteiger partial charge in [0.15, 0.2) is 5.76 Å². The maximum Gasteiger partial charge on any atom is 0.258 e. The van der Waals surface area contributed by atoms with Gasteiger partial charge in [-0.1, -0.05) is 22.8 Å². The Balaban J connectivity index is 1.93.